The molecule has 6 nitrogen and oxygen atoms in total. The standard InChI is InChI=1S/C19H18F2O6/c1-3-12-13(8-16(24)26-2)17(15(23)9-14(12)22)18(25)10-4-6-11(7-5-10)27-19(20)21/h4-7,9,19,22-23H,3,8H2,1-2H3. The van der Waals surface area contributed by atoms with Crippen molar-refractivity contribution in [3.8, 4) is 17.2 Å². The summed E-state index contributed by atoms with van der Waals surface area (Å²) in [6.45, 7) is -1.27. The quantitative estimate of drug-likeness (QED) is 0.566. The lowest BCUT2D eigenvalue weighted by Gasteiger charge is -2.16. The fourth-order valence-corrected chi connectivity index (χ4v) is 2.74. The number of phenolic OH excluding ortho intramolecular Hbond substituents is 2. The first-order valence-electron chi connectivity index (χ1n) is 8.01. The first-order valence-corrected chi connectivity index (χ1v) is 8.01. The van der Waals surface area contributed by atoms with E-state index in [2.05, 4.69) is 9.47 Å². The molecule has 8 heteroatoms. The number of ketones is 1. The molecule has 0 saturated carbocycles. The van der Waals surface area contributed by atoms with Crippen LogP contribution in [0.3, 0.4) is 0 Å². The lowest BCUT2D eigenvalue weighted by Crippen LogP contribution is -2.14. The van der Waals surface area contributed by atoms with Gasteiger partial charge in [-0.15, -0.1) is 0 Å². The van der Waals surface area contributed by atoms with E-state index in [-0.39, 0.29) is 34.6 Å². The van der Waals surface area contributed by atoms with Gasteiger partial charge in [-0.3, -0.25) is 9.59 Å². The number of aromatic hydroxyl groups is 2. The van der Waals surface area contributed by atoms with Crippen molar-refractivity contribution in [3.05, 3.63) is 52.6 Å². The molecule has 0 spiro atoms. The summed E-state index contributed by atoms with van der Waals surface area (Å²) in [5.74, 6) is -2.15. The van der Waals surface area contributed by atoms with Gasteiger partial charge < -0.3 is 19.7 Å². The molecule has 0 fully saturated rings. The van der Waals surface area contributed by atoms with Crippen LogP contribution in [0, 0.1) is 0 Å². The number of methoxy groups -OCH3 is 1. The molecular weight excluding hydrogens is 362 g/mol. The molecule has 2 rings (SSSR count). The molecule has 0 amide bonds. The molecule has 0 bridgehead atoms. The molecule has 2 N–H and O–H groups in total. The van der Waals surface area contributed by atoms with Crippen LogP contribution >= 0.6 is 0 Å². The van der Waals surface area contributed by atoms with Crippen molar-refractivity contribution >= 4 is 11.8 Å². The zero-order valence-electron chi connectivity index (χ0n) is 14.7. The minimum absolute atomic E-state index is 0.0887. The Morgan fingerprint density at radius 2 is 1.70 bits per heavy atom. The van der Waals surface area contributed by atoms with Gasteiger partial charge in [0.15, 0.2) is 5.78 Å². The van der Waals surface area contributed by atoms with E-state index in [4.69, 9.17) is 0 Å². The van der Waals surface area contributed by atoms with E-state index in [0.29, 0.717) is 12.0 Å². The second-order valence-electron chi connectivity index (χ2n) is 5.59. The topological polar surface area (TPSA) is 93.1 Å². The Labute approximate surface area is 154 Å². The number of halogens is 2. The van der Waals surface area contributed by atoms with Gasteiger partial charge in [0.05, 0.1) is 19.1 Å². The van der Waals surface area contributed by atoms with Crippen LogP contribution in [-0.2, 0) is 22.4 Å². The van der Waals surface area contributed by atoms with Crippen molar-refractivity contribution in [2.45, 2.75) is 26.4 Å². The lowest BCUT2D eigenvalue weighted by molar-refractivity contribution is -0.139. The smallest absolute Gasteiger partial charge is 0.387 e. The molecule has 0 aliphatic rings. The van der Waals surface area contributed by atoms with Gasteiger partial charge in [-0.2, -0.15) is 8.78 Å². The molecule has 0 atom stereocenters. The highest BCUT2D eigenvalue weighted by Gasteiger charge is 2.25. The Kier molecular flexibility index (Phi) is 6.33. The van der Waals surface area contributed by atoms with E-state index in [9.17, 15) is 28.6 Å². The monoisotopic (exact) mass is 380 g/mol. The number of hydrogen-bond acceptors (Lipinski definition) is 6. The summed E-state index contributed by atoms with van der Waals surface area (Å²) >= 11 is 0. The molecule has 0 aliphatic heterocycles. The van der Waals surface area contributed by atoms with Crippen molar-refractivity contribution in [2.75, 3.05) is 7.11 Å². The average Bonchev–Trinajstić information content (AvgIpc) is 2.61. The van der Waals surface area contributed by atoms with Gasteiger partial charge in [0.1, 0.15) is 17.2 Å². The Hall–Kier alpha value is -3.16. The Morgan fingerprint density at radius 3 is 2.22 bits per heavy atom. The summed E-state index contributed by atoms with van der Waals surface area (Å²) < 4.78 is 33.3. The van der Waals surface area contributed by atoms with Crippen LogP contribution in [0.25, 0.3) is 0 Å². The van der Waals surface area contributed by atoms with Crippen LogP contribution in [0.2, 0.25) is 0 Å². The van der Waals surface area contributed by atoms with E-state index in [1.165, 1.54) is 31.4 Å². The third-order valence-electron chi connectivity index (χ3n) is 3.98. The zero-order chi connectivity index (χ0) is 20.1. The zero-order valence-corrected chi connectivity index (χ0v) is 14.7. The Balaban J connectivity index is 2.52. The molecule has 2 aromatic rings. The summed E-state index contributed by atoms with van der Waals surface area (Å²) in [6.07, 6.45) is -0.0187. The third-order valence-corrected chi connectivity index (χ3v) is 3.98. The highest BCUT2D eigenvalue weighted by atomic mass is 19.3. The third kappa shape index (κ3) is 4.52. The summed E-state index contributed by atoms with van der Waals surface area (Å²) in [6, 6.07) is 5.94. The fraction of sp³-hybridized carbons (Fsp3) is 0.263. The predicted octanol–water partition coefficient (Wildman–Crippen LogP) is 3.21. The largest absolute Gasteiger partial charge is 0.508 e. The molecule has 27 heavy (non-hydrogen) atoms. The summed E-state index contributed by atoms with van der Waals surface area (Å²) in [5, 5.41) is 20.3. The normalized spacial score (nSPS) is 10.7. The number of esters is 1. The van der Waals surface area contributed by atoms with E-state index in [1.807, 2.05) is 0 Å². The maximum absolute atomic E-state index is 12.9. The molecule has 2 aromatic carbocycles. The van der Waals surface area contributed by atoms with Crippen LogP contribution in [0.4, 0.5) is 8.78 Å². The second kappa shape index (κ2) is 8.48. The molecule has 0 saturated heterocycles. The maximum atomic E-state index is 12.9. The molecule has 144 valence electrons. The summed E-state index contributed by atoms with van der Waals surface area (Å²) in [4.78, 5) is 24.6. The van der Waals surface area contributed by atoms with E-state index in [1.54, 1.807) is 6.92 Å². The molecule has 0 aliphatic carbocycles. The van der Waals surface area contributed by atoms with E-state index < -0.39 is 24.1 Å². The first-order chi connectivity index (χ1) is 12.8. The molecule has 0 unspecified atom stereocenters. The van der Waals surface area contributed by atoms with Gasteiger partial charge in [0.25, 0.3) is 0 Å². The van der Waals surface area contributed by atoms with E-state index in [0.717, 1.165) is 6.07 Å². The number of rotatable bonds is 7. The van der Waals surface area contributed by atoms with Gasteiger partial charge in [0, 0.05) is 11.6 Å². The lowest BCUT2D eigenvalue weighted by atomic mass is 9.90. The predicted molar refractivity (Wildman–Crippen MR) is 91.4 cm³/mol. The average molecular weight is 380 g/mol. The van der Waals surface area contributed by atoms with Gasteiger partial charge in [-0.05, 0) is 41.8 Å². The number of benzene rings is 2. The Morgan fingerprint density at radius 1 is 1.07 bits per heavy atom. The molecular formula is C19H18F2O6. The van der Waals surface area contributed by atoms with E-state index >= 15 is 0 Å². The number of carbonyl (C=O) groups is 2. The SMILES string of the molecule is CCc1c(O)cc(O)c(C(=O)c2ccc(OC(F)F)cc2)c1CC(=O)OC. The number of hydrogen-bond donors (Lipinski definition) is 2. The highest BCUT2D eigenvalue weighted by molar-refractivity contribution is 6.12. The summed E-state index contributed by atoms with van der Waals surface area (Å²) in [7, 11) is 1.18. The van der Waals surface area contributed by atoms with Crippen LogP contribution in [0.5, 0.6) is 17.2 Å². The van der Waals surface area contributed by atoms with Gasteiger partial charge in [0.2, 0.25) is 0 Å². The van der Waals surface area contributed by atoms with Crippen molar-refractivity contribution in [1.82, 2.24) is 0 Å². The van der Waals surface area contributed by atoms with Gasteiger partial charge in [-0.25, -0.2) is 0 Å². The van der Waals surface area contributed by atoms with Gasteiger partial charge >= 0.3 is 12.6 Å². The van der Waals surface area contributed by atoms with Crippen LogP contribution in [-0.4, -0.2) is 35.7 Å². The first kappa shape index (κ1) is 20.2. The van der Waals surface area contributed by atoms with Crippen molar-refractivity contribution in [2.24, 2.45) is 0 Å². The van der Waals surface area contributed by atoms with Gasteiger partial charge in [-0.1, -0.05) is 6.92 Å². The number of phenols is 2. The molecule has 0 heterocycles. The number of carbonyl (C=O) groups excluding carboxylic acids is 2. The molecule has 0 radical (unpaired) electrons. The molecule has 0 aromatic heterocycles. The van der Waals surface area contributed by atoms with Crippen molar-refractivity contribution in [3.63, 3.8) is 0 Å². The fourth-order valence-electron chi connectivity index (χ4n) is 2.74. The van der Waals surface area contributed by atoms with Crippen molar-refractivity contribution in [1.29, 1.82) is 0 Å². The van der Waals surface area contributed by atoms with Crippen molar-refractivity contribution < 1.29 is 38.1 Å². The minimum Gasteiger partial charge on any atom is -0.508 e. The van der Waals surface area contributed by atoms with Crippen LogP contribution in [0.1, 0.15) is 34.0 Å². The maximum Gasteiger partial charge on any atom is 0.387 e. The summed E-state index contributed by atoms with van der Waals surface area (Å²) in [5.41, 5.74) is 0.419. The van der Waals surface area contributed by atoms with Crippen LogP contribution in [0.15, 0.2) is 30.3 Å². The minimum atomic E-state index is -2.99. The second-order valence-corrected chi connectivity index (χ2v) is 5.59. The number of ether oxygens (including phenoxy) is 2. The van der Waals surface area contributed by atoms with Crippen LogP contribution < -0.4 is 4.74 Å². The number of alkyl halides is 2. The Bertz CT molecular complexity index is 846. The highest BCUT2D eigenvalue weighted by Crippen LogP contribution is 2.35.